The Hall–Kier alpha value is -2.96. The number of aliphatic hydroxyl groups is 1. The van der Waals surface area contributed by atoms with E-state index in [1.54, 1.807) is 0 Å². The lowest BCUT2D eigenvalue weighted by molar-refractivity contribution is -0.118. The molecule has 3 amide bonds. The Morgan fingerprint density at radius 1 is 1.44 bits per heavy atom. The van der Waals surface area contributed by atoms with E-state index >= 15 is 0 Å². The van der Waals surface area contributed by atoms with Crippen LogP contribution in [0.4, 0.5) is 4.79 Å². The normalized spacial score (nSPS) is 19.6. The van der Waals surface area contributed by atoms with Gasteiger partial charge in [-0.05, 0) is 43.4 Å². The summed E-state index contributed by atoms with van der Waals surface area (Å²) in [6.07, 6.45) is 2.58. The number of amides is 3. The Bertz CT molecular complexity index is 770. The van der Waals surface area contributed by atoms with Gasteiger partial charge >= 0.3 is 6.03 Å². The van der Waals surface area contributed by atoms with Gasteiger partial charge in [0.25, 0.3) is 5.91 Å². The van der Waals surface area contributed by atoms with Crippen LogP contribution in [0.25, 0.3) is 0 Å². The highest BCUT2D eigenvalue weighted by Crippen LogP contribution is 2.35. The third-order valence-corrected chi connectivity index (χ3v) is 4.32. The maximum atomic E-state index is 12.5. The van der Waals surface area contributed by atoms with Crippen molar-refractivity contribution in [2.45, 2.75) is 32.2 Å². The number of ether oxygens (including phenoxy) is 1. The highest BCUT2D eigenvalue weighted by atomic mass is 16.5. The second-order valence-corrected chi connectivity index (χ2v) is 5.96. The highest BCUT2D eigenvalue weighted by molar-refractivity contribution is 6.00. The van der Waals surface area contributed by atoms with Crippen molar-refractivity contribution < 1.29 is 19.4 Å². The molecule has 0 aromatic heterocycles. The molecule has 2 aliphatic rings. The van der Waals surface area contributed by atoms with Crippen LogP contribution in [0.2, 0.25) is 0 Å². The van der Waals surface area contributed by atoms with E-state index in [0.717, 1.165) is 36.1 Å². The number of carbonyl (C=O) groups excluding carboxylic acids is 2. The standard InChI is InChI=1S/C18H21N3O4/c1-3-25-14-9-5-6-11-12(14)7-4-8-13(11)20-17(23)15-16(22)10(2)19-18(24)21-15/h5-6,9,13,22H,2-4,7-8H2,1H3,(H,20,23)(H2,19,21,24)/t13-/m0/s1. The zero-order valence-corrected chi connectivity index (χ0v) is 14.0. The maximum absolute atomic E-state index is 12.5. The molecule has 25 heavy (non-hydrogen) atoms. The van der Waals surface area contributed by atoms with Crippen LogP contribution in [0, 0.1) is 0 Å². The van der Waals surface area contributed by atoms with Crippen molar-refractivity contribution in [3.05, 3.63) is 53.1 Å². The van der Waals surface area contributed by atoms with Crippen molar-refractivity contribution in [2.75, 3.05) is 6.61 Å². The number of hydrogen-bond acceptors (Lipinski definition) is 4. The smallest absolute Gasteiger partial charge is 0.324 e. The molecule has 1 heterocycles. The molecule has 0 saturated carbocycles. The van der Waals surface area contributed by atoms with Crippen LogP contribution in [0.3, 0.4) is 0 Å². The summed E-state index contributed by atoms with van der Waals surface area (Å²) in [5.74, 6) is -0.0751. The molecule has 0 radical (unpaired) electrons. The number of nitrogens with one attached hydrogen (secondary N) is 3. The van der Waals surface area contributed by atoms with Crippen LogP contribution in [0.5, 0.6) is 5.75 Å². The molecular weight excluding hydrogens is 322 g/mol. The molecule has 132 valence electrons. The molecule has 1 aromatic carbocycles. The summed E-state index contributed by atoms with van der Waals surface area (Å²) >= 11 is 0. The topological polar surface area (TPSA) is 99.7 Å². The Morgan fingerprint density at radius 2 is 2.24 bits per heavy atom. The summed E-state index contributed by atoms with van der Waals surface area (Å²) in [5.41, 5.74) is 1.90. The minimum Gasteiger partial charge on any atom is -0.504 e. The fraction of sp³-hybridized carbons (Fsp3) is 0.333. The minimum atomic E-state index is -0.601. The fourth-order valence-electron chi connectivity index (χ4n) is 3.20. The summed E-state index contributed by atoms with van der Waals surface area (Å²) in [4.78, 5) is 24.1. The first-order valence-corrected chi connectivity index (χ1v) is 8.27. The minimum absolute atomic E-state index is 0.00317. The fourth-order valence-corrected chi connectivity index (χ4v) is 3.20. The predicted octanol–water partition coefficient (Wildman–Crippen LogP) is 2.17. The van der Waals surface area contributed by atoms with Crippen LogP contribution in [-0.4, -0.2) is 23.7 Å². The van der Waals surface area contributed by atoms with Crippen LogP contribution in [0.15, 0.2) is 41.9 Å². The van der Waals surface area contributed by atoms with Crippen molar-refractivity contribution >= 4 is 11.9 Å². The van der Waals surface area contributed by atoms with Crippen molar-refractivity contribution in [1.29, 1.82) is 0 Å². The van der Waals surface area contributed by atoms with Crippen LogP contribution < -0.4 is 20.7 Å². The van der Waals surface area contributed by atoms with E-state index in [0.29, 0.717) is 6.61 Å². The zero-order chi connectivity index (χ0) is 18.0. The van der Waals surface area contributed by atoms with Crippen LogP contribution in [-0.2, 0) is 11.2 Å². The average molecular weight is 343 g/mol. The van der Waals surface area contributed by atoms with E-state index in [2.05, 4.69) is 22.5 Å². The van der Waals surface area contributed by atoms with Gasteiger partial charge in [0.05, 0.1) is 18.3 Å². The average Bonchev–Trinajstić information content (AvgIpc) is 2.59. The molecule has 0 bridgehead atoms. The van der Waals surface area contributed by atoms with Gasteiger partial charge in [0.2, 0.25) is 0 Å². The molecule has 7 heteroatoms. The Labute approximate surface area is 145 Å². The largest absolute Gasteiger partial charge is 0.504 e. The Kier molecular flexibility index (Phi) is 4.65. The number of hydrogen-bond donors (Lipinski definition) is 4. The summed E-state index contributed by atoms with van der Waals surface area (Å²) in [7, 11) is 0. The summed E-state index contributed by atoms with van der Waals surface area (Å²) in [5, 5.41) is 17.5. The number of benzene rings is 1. The van der Waals surface area contributed by atoms with E-state index in [4.69, 9.17) is 4.74 Å². The lowest BCUT2D eigenvalue weighted by Gasteiger charge is -2.29. The quantitative estimate of drug-likeness (QED) is 0.673. The number of fused-ring (bicyclic) bond motifs is 1. The number of rotatable bonds is 4. The third-order valence-electron chi connectivity index (χ3n) is 4.32. The summed E-state index contributed by atoms with van der Waals surface area (Å²) < 4.78 is 5.68. The van der Waals surface area contributed by atoms with E-state index in [9.17, 15) is 14.7 Å². The van der Waals surface area contributed by atoms with Crippen molar-refractivity contribution in [2.24, 2.45) is 0 Å². The van der Waals surface area contributed by atoms with E-state index in [-0.39, 0.29) is 23.2 Å². The SMILES string of the molecule is C=C1NC(=O)NC(C(=O)N[C@H]2CCCc3c(OCC)cccc32)=C1O. The Morgan fingerprint density at radius 3 is 3.00 bits per heavy atom. The number of urea groups is 1. The van der Waals surface area contributed by atoms with Crippen LogP contribution >= 0.6 is 0 Å². The van der Waals surface area contributed by atoms with Gasteiger partial charge in [-0.2, -0.15) is 0 Å². The van der Waals surface area contributed by atoms with Gasteiger partial charge in [0.15, 0.2) is 11.5 Å². The van der Waals surface area contributed by atoms with Crippen molar-refractivity contribution in [1.82, 2.24) is 16.0 Å². The molecule has 1 atom stereocenters. The second-order valence-electron chi connectivity index (χ2n) is 5.96. The summed E-state index contributed by atoms with van der Waals surface area (Å²) in [6, 6.07) is 4.99. The molecule has 0 fully saturated rings. The number of aliphatic hydroxyl groups excluding tert-OH is 1. The van der Waals surface area contributed by atoms with E-state index in [1.807, 2.05) is 25.1 Å². The van der Waals surface area contributed by atoms with Gasteiger partial charge < -0.3 is 20.5 Å². The third kappa shape index (κ3) is 3.31. The monoisotopic (exact) mass is 343 g/mol. The lowest BCUT2D eigenvalue weighted by atomic mass is 9.87. The van der Waals surface area contributed by atoms with E-state index in [1.165, 1.54) is 0 Å². The molecule has 1 aromatic rings. The van der Waals surface area contributed by atoms with Gasteiger partial charge in [0.1, 0.15) is 5.75 Å². The Balaban J connectivity index is 1.84. The van der Waals surface area contributed by atoms with Crippen molar-refractivity contribution in [3.8, 4) is 5.75 Å². The molecule has 3 rings (SSSR count). The summed E-state index contributed by atoms with van der Waals surface area (Å²) in [6.45, 7) is 6.03. The molecule has 1 aliphatic carbocycles. The maximum Gasteiger partial charge on any atom is 0.324 e. The molecule has 0 saturated heterocycles. The molecule has 7 nitrogen and oxygen atoms in total. The number of carbonyl (C=O) groups is 2. The zero-order valence-electron chi connectivity index (χ0n) is 14.0. The van der Waals surface area contributed by atoms with Gasteiger partial charge in [0, 0.05) is 0 Å². The van der Waals surface area contributed by atoms with Gasteiger partial charge in [-0.1, -0.05) is 18.7 Å². The van der Waals surface area contributed by atoms with E-state index < -0.39 is 11.9 Å². The van der Waals surface area contributed by atoms with Gasteiger partial charge in [-0.15, -0.1) is 0 Å². The van der Waals surface area contributed by atoms with Gasteiger partial charge in [-0.25, -0.2) is 4.79 Å². The lowest BCUT2D eigenvalue weighted by Crippen LogP contribution is -2.46. The molecule has 0 unspecified atom stereocenters. The first kappa shape index (κ1) is 16.9. The van der Waals surface area contributed by atoms with Crippen LogP contribution in [0.1, 0.15) is 36.9 Å². The highest BCUT2D eigenvalue weighted by Gasteiger charge is 2.29. The van der Waals surface area contributed by atoms with Crippen molar-refractivity contribution in [3.63, 3.8) is 0 Å². The molecule has 4 N–H and O–H groups in total. The predicted molar refractivity (Wildman–Crippen MR) is 91.9 cm³/mol. The molecular formula is C18H21N3O4. The first-order valence-electron chi connectivity index (χ1n) is 8.27. The first-order chi connectivity index (χ1) is 12.0. The molecule has 0 spiro atoms. The van der Waals surface area contributed by atoms with Gasteiger partial charge in [-0.3, -0.25) is 10.1 Å². The molecule has 1 aliphatic heterocycles. The second kappa shape index (κ2) is 6.88.